The fourth-order valence-corrected chi connectivity index (χ4v) is 23.4. The molecule has 4 aromatic carbocycles. The van der Waals surface area contributed by atoms with Gasteiger partial charge in [0, 0.05) is 120 Å². The van der Waals surface area contributed by atoms with Crippen LogP contribution in [0.5, 0.6) is 0 Å². The standard InChI is InChI=1S/4C24H31N3O3/c4*1-23(2,3)30-22(29)26-12-10-24(11-13-26)9-8-18(21(24)28)20-17-7-5-4-6-16(17)19-14-25-15-27(19)20/h4*4-7,14-15,18,20-21,28H,8-13H2,1-3H3/t2*18-,20+,21-;2*18-,20-,21-/m0010/s1. The molecule has 0 radical (unpaired) electrons. The van der Waals surface area contributed by atoms with Gasteiger partial charge in [0.15, 0.2) is 0 Å². The van der Waals surface area contributed by atoms with Crippen molar-refractivity contribution in [2.75, 3.05) is 52.4 Å². The molecule has 640 valence electrons. The topological polar surface area (TPSA) is 270 Å². The van der Waals surface area contributed by atoms with Gasteiger partial charge in [0.05, 0.1) is 121 Å². The number of carbonyl (C=O) groups is 4. The van der Waals surface area contributed by atoms with E-state index < -0.39 is 22.4 Å². The van der Waals surface area contributed by atoms with Crippen LogP contribution in [-0.2, 0) is 18.9 Å². The summed E-state index contributed by atoms with van der Waals surface area (Å²) in [7, 11) is 0. The number of hydrogen-bond donors (Lipinski definition) is 4. The summed E-state index contributed by atoms with van der Waals surface area (Å²) in [6, 6.07) is 34.5. The molecule has 20 rings (SSSR count). The highest BCUT2D eigenvalue weighted by atomic mass is 16.6. The summed E-state index contributed by atoms with van der Waals surface area (Å²) < 4.78 is 31.1. The maximum atomic E-state index is 12.4. The molecule has 4 N–H and O–H groups in total. The second-order valence-electron chi connectivity index (χ2n) is 40.8. The minimum Gasteiger partial charge on any atom is -0.444 e. The van der Waals surface area contributed by atoms with Gasteiger partial charge in [0.25, 0.3) is 0 Å². The zero-order valence-corrected chi connectivity index (χ0v) is 72.2. The third-order valence-corrected chi connectivity index (χ3v) is 29.4. The van der Waals surface area contributed by atoms with Gasteiger partial charge in [0.2, 0.25) is 0 Å². The molecule has 4 aliphatic carbocycles. The molecule has 120 heavy (non-hydrogen) atoms. The number of amides is 4. The lowest BCUT2D eigenvalue weighted by Gasteiger charge is -2.43. The van der Waals surface area contributed by atoms with Gasteiger partial charge in [-0.05, 0) is 208 Å². The van der Waals surface area contributed by atoms with Crippen molar-refractivity contribution in [3.63, 3.8) is 0 Å². The molecule has 4 amide bonds. The van der Waals surface area contributed by atoms with E-state index >= 15 is 0 Å². The quantitative estimate of drug-likeness (QED) is 0.119. The first-order chi connectivity index (χ1) is 57.2. The zero-order chi connectivity index (χ0) is 84.4. The molecule has 12 heterocycles. The molecule has 24 heteroatoms. The van der Waals surface area contributed by atoms with Gasteiger partial charge < -0.3 is 77.2 Å². The number of benzene rings is 4. The smallest absolute Gasteiger partial charge is 0.410 e. The molecule has 4 spiro atoms. The Balaban J connectivity index is 0.000000114. The van der Waals surface area contributed by atoms with Gasteiger partial charge in [-0.2, -0.15) is 0 Å². The van der Waals surface area contributed by atoms with Crippen LogP contribution >= 0.6 is 0 Å². The van der Waals surface area contributed by atoms with E-state index in [-0.39, 0.29) is 118 Å². The van der Waals surface area contributed by atoms with Gasteiger partial charge >= 0.3 is 24.4 Å². The van der Waals surface area contributed by atoms with E-state index in [4.69, 9.17) is 18.9 Å². The van der Waals surface area contributed by atoms with E-state index in [1.807, 2.05) is 133 Å². The lowest BCUT2D eigenvalue weighted by atomic mass is 9.73. The summed E-state index contributed by atoms with van der Waals surface area (Å²) in [5, 5.41) is 46.2. The number of aromatic nitrogens is 8. The molecule has 0 bridgehead atoms. The van der Waals surface area contributed by atoms with Crippen molar-refractivity contribution in [2.24, 2.45) is 45.3 Å². The molecule has 8 fully saturated rings. The van der Waals surface area contributed by atoms with E-state index in [1.54, 1.807) is 19.6 Å². The number of carbonyl (C=O) groups excluding carboxylic acids is 4. The number of ether oxygens (including phenoxy) is 4. The van der Waals surface area contributed by atoms with E-state index in [9.17, 15) is 39.6 Å². The van der Waals surface area contributed by atoms with Crippen LogP contribution in [-0.4, -0.2) is 202 Å². The van der Waals surface area contributed by atoms with E-state index in [2.05, 4.69) is 135 Å². The highest BCUT2D eigenvalue weighted by molar-refractivity contribution is 5.74. The van der Waals surface area contributed by atoms with Crippen molar-refractivity contribution in [1.29, 1.82) is 0 Å². The van der Waals surface area contributed by atoms with Crippen LogP contribution in [0.4, 0.5) is 19.2 Å². The summed E-state index contributed by atoms with van der Waals surface area (Å²) in [4.78, 5) is 74.5. The van der Waals surface area contributed by atoms with Crippen LogP contribution in [0.2, 0.25) is 0 Å². The molecule has 8 aromatic rings. The lowest BCUT2D eigenvalue weighted by molar-refractivity contribution is -0.0342. The maximum absolute atomic E-state index is 12.4. The van der Waals surface area contributed by atoms with Crippen molar-refractivity contribution in [2.45, 2.75) is 257 Å². The Morgan fingerprint density at radius 2 is 0.483 bits per heavy atom. The number of nitrogens with zero attached hydrogens (tertiary/aromatic N) is 12. The van der Waals surface area contributed by atoms with Crippen molar-refractivity contribution in [1.82, 2.24) is 57.8 Å². The summed E-state index contributed by atoms with van der Waals surface area (Å²) in [6.07, 6.45) is 27.4. The Kier molecular flexibility index (Phi) is 21.8. The minimum absolute atomic E-state index is 0.110. The Morgan fingerprint density at radius 3 is 0.667 bits per heavy atom. The van der Waals surface area contributed by atoms with Crippen molar-refractivity contribution < 1.29 is 58.6 Å². The predicted octanol–water partition coefficient (Wildman–Crippen LogP) is 17.0. The number of likely N-dealkylation sites (tertiary alicyclic amines) is 4. The number of piperidine rings is 4. The normalized spacial score (nSPS) is 27.2. The summed E-state index contributed by atoms with van der Waals surface area (Å²) in [5.74, 6) is 0.647. The zero-order valence-electron chi connectivity index (χ0n) is 72.2. The summed E-state index contributed by atoms with van der Waals surface area (Å²) in [6.45, 7) is 27.9. The molecular formula is C96H124N12O12. The fraction of sp³-hybridized carbons (Fsp3) is 0.583. The average molecular weight is 1640 g/mol. The SMILES string of the molecule is CC(C)(C)OC(=O)N1CCC2(CC[C@@H]([C@@H]3c4ccccc4-c4cncn43)[C@@H]2O)CC1.CC(C)(C)OC(=O)N1CCC2(CC[C@@H]([C@H]3c4ccccc4-c4cncn43)[C@@H]2O)CC1.CC(C)(C)OC(=O)N1CCC2(CC[C@@H]([C@H]3c4ccccc4-c4cncn43)[C@@H]2O)CC1.CC(C)(C)OC(=O)N1CCC2(CC[C@H]([C@H]3c4ccccc4-c4cncn43)[C@H]2O)CC1. The first kappa shape index (κ1) is 82.9. The Bertz CT molecular complexity index is 4430. The second kappa shape index (κ2) is 31.5. The van der Waals surface area contributed by atoms with Crippen LogP contribution in [0.15, 0.2) is 147 Å². The van der Waals surface area contributed by atoms with Crippen molar-refractivity contribution >= 4 is 24.4 Å². The average Bonchev–Trinajstić information content (AvgIpc) is 1.59. The number of rotatable bonds is 4. The highest BCUT2D eigenvalue weighted by Gasteiger charge is 2.59. The largest absolute Gasteiger partial charge is 0.444 e. The third kappa shape index (κ3) is 15.3. The first-order valence-corrected chi connectivity index (χ1v) is 44.2. The molecule has 4 saturated heterocycles. The molecule has 12 aliphatic rings. The number of fused-ring (bicyclic) bond motifs is 12. The number of aliphatic hydroxyl groups excluding tert-OH is 4. The van der Waals surface area contributed by atoms with Gasteiger partial charge in [-0.25, -0.2) is 39.1 Å². The van der Waals surface area contributed by atoms with E-state index in [1.165, 1.54) is 44.5 Å². The number of aliphatic hydroxyl groups is 4. The second-order valence-corrected chi connectivity index (χ2v) is 40.8. The monoisotopic (exact) mass is 1640 g/mol. The molecule has 4 aromatic heterocycles. The molecule has 0 unspecified atom stereocenters. The van der Waals surface area contributed by atoms with E-state index in [0.717, 1.165) is 126 Å². The van der Waals surface area contributed by atoms with Gasteiger partial charge in [-0.1, -0.05) is 97.1 Å². The Hall–Kier alpha value is -9.36. The summed E-state index contributed by atoms with van der Waals surface area (Å²) >= 11 is 0. The van der Waals surface area contributed by atoms with Gasteiger partial charge in [-0.3, -0.25) is 0 Å². The molecule has 4 saturated carbocycles. The van der Waals surface area contributed by atoms with Crippen LogP contribution in [0.3, 0.4) is 0 Å². The maximum Gasteiger partial charge on any atom is 0.410 e. The van der Waals surface area contributed by atoms with Crippen molar-refractivity contribution in [3.05, 3.63) is 169 Å². The van der Waals surface area contributed by atoms with Crippen LogP contribution < -0.4 is 0 Å². The minimum atomic E-state index is -0.484. The highest BCUT2D eigenvalue weighted by Crippen LogP contribution is 2.61. The summed E-state index contributed by atoms with van der Waals surface area (Å²) in [5.41, 5.74) is 12.3. The fourth-order valence-electron chi connectivity index (χ4n) is 23.4. The third-order valence-electron chi connectivity index (χ3n) is 29.4. The van der Waals surface area contributed by atoms with Gasteiger partial charge in [-0.15, -0.1) is 0 Å². The molecular weight excluding hydrogens is 1510 g/mol. The molecule has 12 atom stereocenters. The Morgan fingerprint density at radius 1 is 0.300 bits per heavy atom. The van der Waals surface area contributed by atoms with Gasteiger partial charge in [0.1, 0.15) is 22.4 Å². The number of imidazole rings is 4. The molecule has 8 aliphatic heterocycles. The molecule has 24 nitrogen and oxygen atoms in total. The van der Waals surface area contributed by atoms with Crippen LogP contribution in [0, 0.1) is 45.3 Å². The lowest BCUT2D eigenvalue weighted by Crippen LogP contribution is -2.48. The van der Waals surface area contributed by atoms with E-state index in [0.29, 0.717) is 52.4 Å². The first-order valence-electron chi connectivity index (χ1n) is 44.2. The number of hydrogen-bond acceptors (Lipinski definition) is 16. The van der Waals surface area contributed by atoms with Crippen LogP contribution in [0.1, 0.15) is 232 Å². The van der Waals surface area contributed by atoms with Crippen LogP contribution in [0.25, 0.3) is 45.0 Å². The van der Waals surface area contributed by atoms with Crippen molar-refractivity contribution in [3.8, 4) is 45.0 Å². The Labute approximate surface area is 706 Å². The predicted molar refractivity (Wildman–Crippen MR) is 456 cm³/mol.